The number of nitrogens with one attached hydrogen (secondary N) is 1. The van der Waals surface area contributed by atoms with Crippen LogP contribution in [0.25, 0.3) is 27.4 Å². The smallest absolute Gasteiger partial charge is 0.266 e. The van der Waals surface area contributed by atoms with Crippen molar-refractivity contribution >= 4 is 77.1 Å². The van der Waals surface area contributed by atoms with Gasteiger partial charge in [0.15, 0.2) is 4.77 Å². The van der Waals surface area contributed by atoms with Crippen LogP contribution in [-0.2, 0) is 0 Å². The zero-order valence-electron chi connectivity index (χ0n) is 16.8. The average molecular weight is 582 g/mol. The van der Waals surface area contributed by atoms with Crippen LogP contribution in [0.2, 0.25) is 0 Å². The van der Waals surface area contributed by atoms with Crippen LogP contribution in [0, 0.1) is 4.77 Å². The van der Waals surface area contributed by atoms with Crippen molar-refractivity contribution < 1.29 is 5.11 Å². The molecule has 0 aliphatic carbocycles. The van der Waals surface area contributed by atoms with Crippen molar-refractivity contribution in [2.45, 2.75) is 0 Å². The molecule has 0 spiro atoms. The molecule has 0 unspecified atom stereocenters. The number of halogens is 2. The van der Waals surface area contributed by atoms with E-state index < -0.39 is 0 Å². The van der Waals surface area contributed by atoms with Crippen molar-refractivity contribution in [2.75, 3.05) is 0 Å². The van der Waals surface area contributed by atoms with Crippen LogP contribution in [0.15, 0.2) is 96.8 Å². The first-order valence-corrected chi connectivity index (χ1v) is 11.8. The van der Waals surface area contributed by atoms with E-state index in [1.54, 1.807) is 42.5 Å². The minimum atomic E-state index is -0.218. The van der Waals surface area contributed by atoms with E-state index in [1.807, 2.05) is 30.3 Å². The SMILES string of the molecule is O=c1c2cc(Br)cc(Br)c2[nH]c(=S)n1-c1ccc(N=Nc2cccc3cc(O)ccc23)cc1. The monoisotopic (exact) mass is 580 g/mol. The number of fused-ring (bicyclic) bond motifs is 2. The van der Waals surface area contributed by atoms with Gasteiger partial charge in [-0.3, -0.25) is 9.36 Å². The molecular weight excluding hydrogens is 568 g/mol. The molecule has 0 amide bonds. The molecule has 0 radical (unpaired) electrons. The zero-order valence-corrected chi connectivity index (χ0v) is 20.8. The van der Waals surface area contributed by atoms with Gasteiger partial charge in [0, 0.05) is 14.3 Å². The number of rotatable bonds is 3. The average Bonchev–Trinajstić information content (AvgIpc) is 2.79. The zero-order chi connectivity index (χ0) is 23.1. The fourth-order valence-electron chi connectivity index (χ4n) is 3.60. The first-order chi connectivity index (χ1) is 15.9. The molecule has 0 aliphatic rings. The summed E-state index contributed by atoms with van der Waals surface area (Å²) in [6.07, 6.45) is 0. The van der Waals surface area contributed by atoms with Crippen molar-refractivity contribution in [2.24, 2.45) is 10.2 Å². The Labute approximate surface area is 209 Å². The molecule has 0 atom stereocenters. The number of hydrogen-bond donors (Lipinski definition) is 2. The summed E-state index contributed by atoms with van der Waals surface area (Å²) in [6.45, 7) is 0. The third kappa shape index (κ3) is 4.15. The van der Waals surface area contributed by atoms with Gasteiger partial charge in [-0.15, -0.1) is 5.11 Å². The summed E-state index contributed by atoms with van der Waals surface area (Å²) in [5.41, 5.74) is 2.38. The molecule has 1 aromatic heterocycles. The summed E-state index contributed by atoms with van der Waals surface area (Å²) < 4.78 is 3.29. The van der Waals surface area contributed by atoms with Gasteiger partial charge < -0.3 is 10.1 Å². The second-order valence-corrected chi connectivity index (χ2v) is 9.44. The van der Waals surface area contributed by atoms with Gasteiger partial charge in [-0.25, -0.2) is 0 Å². The number of phenols is 1. The number of hydrogen-bond acceptors (Lipinski definition) is 5. The van der Waals surface area contributed by atoms with Crippen LogP contribution in [0.5, 0.6) is 5.75 Å². The van der Waals surface area contributed by atoms with Crippen LogP contribution in [0.3, 0.4) is 0 Å². The number of aromatic amines is 1. The van der Waals surface area contributed by atoms with Gasteiger partial charge in [0.25, 0.3) is 5.56 Å². The van der Waals surface area contributed by atoms with Crippen molar-refractivity contribution in [3.05, 3.63) is 96.9 Å². The van der Waals surface area contributed by atoms with E-state index in [4.69, 9.17) is 12.2 Å². The Kier molecular flexibility index (Phi) is 5.69. The molecule has 162 valence electrons. The predicted molar refractivity (Wildman–Crippen MR) is 140 cm³/mol. The molecule has 0 saturated carbocycles. The van der Waals surface area contributed by atoms with Gasteiger partial charge in [0.1, 0.15) is 5.75 Å². The number of H-pyrrole nitrogens is 1. The van der Waals surface area contributed by atoms with Crippen LogP contribution in [0.4, 0.5) is 11.4 Å². The molecule has 9 heteroatoms. The number of aromatic nitrogens is 2. The molecule has 0 bridgehead atoms. The highest BCUT2D eigenvalue weighted by Gasteiger charge is 2.11. The summed E-state index contributed by atoms with van der Waals surface area (Å²) in [5, 5.41) is 20.7. The predicted octanol–water partition coefficient (Wildman–Crippen LogP) is 7.85. The van der Waals surface area contributed by atoms with Gasteiger partial charge in [0.05, 0.1) is 28.0 Å². The molecule has 1 heterocycles. The first-order valence-electron chi connectivity index (χ1n) is 9.79. The fraction of sp³-hybridized carbons (Fsp3) is 0. The molecule has 5 aromatic rings. The third-order valence-corrected chi connectivity index (χ3v) is 6.51. The van der Waals surface area contributed by atoms with Gasteiger partial charge in [-0.2, -0.15) is 5.11 Å². The Morgan fingerprint density at radius 2 is 1.70 bits per heavy atom. The van der Waals surface area contributed by atoms with E-state index >= 15 is 0 Å². The summed E-state index contributed by atoms with van der Waals surface area (Å²) >= 11 is 12.4. The van der Waals surface area contributed by atoms with E-state index in [0.29, 0.717) is 32.7 Å². The van der Waals surface area contributed by atoms with Crippen molar-refractivity contribution in [1.29, 1.82) is 0 Å². The lowest BCUT2D eigenvalue weighted by atomic mass is 10.1. The van der Waals surface area contributed by atoms with Crippen molar-refractivity contribution in [1.82, 2.24) is 9.55 Å². The molecular formula is C24H14Br2N4O2S. The molecule has 0 fully saturated rings. The minimum Gasteiger partial charge on any atom is -0.508 e. The minimum absolute atomic E-state index is 0.203. The second kappa shape index (κ2) is 8.66. The highest BCUT2D eigenvalue weighted by atomic mass is 79.9. The number of aromatic hydroxyl groups is 1. The second-order valence-electron chi connectivity index (χ2n) is 7.28. The third-order valence-electron chi connectivity index (χ3n) is 5.15. The number of azo groups is 1. The normalized spacial score (nSPS) is 11.6. The van der Waals surface area contributed by atoms with Crippen LogP contribution < -0.4 is 5.56 Å². The summed E-state index contributed by atoms with van der Waals surface area (Å²) in [5.74, 6) is 0.203. The molecule has 2 N–H and O–H groups in total. The first kappa shape index (κ1) is 21.7. The van der Waals surface area contributed by atoms with E-state index in [2.05, 4.69) is 47.1 Å². The standard InChI is InChI=1S/C24H14Br2N4O2S/c25-14-11-19-22(20(26)12-14)27-24(33)30(23(19)32)16-6-4-15(5-7-16)28-29-21-3-1-2-13-10-17(31)8-9-18(13)21/h1-12,31H,(H,27,33). The maximum atomic E-state index is 13.2. The summed E-state index contributed by atoms with van der Waals surface area (Å²) in [4.78, 5) is 16.3. The molecule has 33 heavy (non-hydrogen) atoms. The van der Waals surface area contributed by atoms with E-state index in [9.17, 15) is 9.90 Å². The molecule has 0 saturated heterocycles. The van der Waals surface area contributed by atoms with Crippen LogP contribution >= 0.6 is 44.1 Å². The van der Waals surface area contributed by atoms with E-state index in [1.165, 1.54) is 4.57 Å². The number of benzene rings is 4. The number of phenolic OH excluding ortho intramolecular Hbond substituents is 1. The fourth-order valence-corrected chi connectivity index (χ4v) is 5.22. The quantitative estimate of drug-likeness (QED) is 0.168. The largest absolute Gasteiger partial charge is 0.508 e. The van der Waals surface area contributed by atoms with Gasteiger partial charge >= 0.3 is 0 Å². The summed E-state index contributed by atoms with van der Waals surface area (Å²) in [6, 6.07) is 21.5. The maximum Gasteiger partial charge on any atom is 0.266 e. The maximum absolute atomic E-state index is 13.2. The lowest BCUT2D eigenvalue weighted by Crippen LogP contribution is -2.20. The topological polar surface area (TPSA) is 82.7 Å². The molecule has 5 rings (SSSR count). The Hall–Kier alpha value is -3.14. The van der Waals surface area contributed by atoms with Crippen LogP contribution in [0.1, 0.15) is 0 Å². The lowest BCUT2D eigenvalue weighted by molar-refractivity contribution is 0.476. The van der Waals surface area contributed by atoms with E-state index in [-0.39, 0.29) is 11.3 Å². The highest BCUT2D eigenvalue weighted by molar-refractivity contribution is 9.11. The number of nitrogens with zero attached hydrogens (tertiary/aromatic N) is 3. The van der Waals surface area contributed by atoms with E-state index in [0.717, 1.165) is 19.7 Å². The highest BCUT2D eigenvalue weighted by Crippen LogP contribution is 2.30. The molecule has 6 nitrogen and oxygen atoms in total. The van der Waals surface area contributed by atoms with Gasteiger partial charge in [-0.05, 0) is 94.2 Å². The van der Waals surface area contributed by atoms with Crippen LogP contribution in [-0.4, -0.2) is 14.7 Å². The van der Waals surface area contributed by atoms with Crippen molar-refractivity contribution in [3.8, 4) is 11.4 Å². The Morgan fingerprint density at radius 1 is 0.909 bits per heavy atom. The van der Waals surface area contributed by atoms with Gasteiger partial charge in [-0.1, -0.05) is 28.1 Å². The Bertz CT molecular complexity index is 1690. The molecule has 0 aliphatic heterocycles. The lowest BCUT2D eigenvalue weighted by Gasteiger charge is -2.09. The Balaban J connectivity index is 1.52. The van der Waals surface area contributed by atoms with Crippen molar-refractivity contribution in [3.63, 3.8) is 0 Å². The van der Waals surface area contributed by atoms with Gasteiger partial charge in [0.2, 0.25) is 0 Å². The molecule has 4 aromatic carbocycles. The summed E-state index contributed by atoms with van der Waals surface area (Å²) in [7, 11) is 0. The Morgan fingerprint density at radius 3 is 2.48 bits per heavy atom.